The SMILES string of the molecule is CCCCCCCC/C=C\CCCCCCCCCCCC(=O)NC(COC1OC(CO)C(OC2OC(CO)C(OC3OC(CO)C(O)C(O)C3O)C(O)C2O)C(O)C1O)C(O)/C=C/CC/C=C/CC/C=C/CCCCCCCCCCCCCCCCCCCCC. The number of aliphatic hydroxyl groups excluding tert-OH is 11. The Labute approximate surface area is 561 Å². The standard InChI is InChI=1S/C74H135NO18/c1-3-5-7-9-11-13-15-17-19-21-23-24-25-26-27-28-29-30-31-32-34-35-37-39-41-43-45-47-49-51-58(79)57(75-62(80)52-50-48-46-44-42-40-38-36-33-22-20-18-16-14-12-10-8-6-4-2)56-88-72-68(86)65(83)70(60(54-77)90-72)93-74-69(87)66(84)71(61(55-78)91-74)92-73-67(85)64(82)63(81)59(53-76)89-73/h18,20,34-35,41,43,49,51,57-61,63-74,76-79,81-87H,3-17,19,21-33,36-40,42,44-48,50,52-56H2,1-2H3,(H,75,80)/b20-18-,35-34+,43-41+,51-49+. The maximum atomic E-state index is 13.4. The van der Waals surface area contributed by atoms with Crippen LogP contribution >= 0.6 is 0 Å². The highest BCUT2D eigenvalue weighted by Crippen LogP contribution is 2.33. The first kappa shape index (κ1) is 85.0. The van der Waals surface area contributed by atoms with Crippen LogP contribution in [-0.2, 0) is 33.2 Å². The zero-order valence-corrected chi connectivity index (χ0v) is 57.7. The number of amides is 1. The van der Waals surface area contributed by atoms with Gasteiger partial charge in [-0.05, 0) is 70.6 Å². The summed E-state index contributed by atoms with van der Waals surface area (Å²) >= 11 is 0. The maximum Gasteiger partial charge on any atom is 0.220 e. The van der Waals surface area contributed by atoms with Gasteiger partial charge < -0.3 is 89.9 Å². The molecule has 17 atom stereocenters. The van der Waals surface area contributed by atoms with Gasteiger partial charge in [0.2, 0.25) is 5.91 Å². The summed E-state index contributed by atoms with van der Waals surface area (Å²) in [5.74, 6) is -0.290. The average molecular weight is 1330 g/mol. The topological polar surface area (TPSA) is 307 Å². The van der Waals surface area contributed by atoms with E-state index in [-0.39, 0.29) is 18.9 Å². The van der Waals surface area contributed by atoms with E-state index in [1.165, 1.54) is 193 Å². The number of ether oxygens (including phenoxy) is 6. The molecule has 12 N–H and O–H groups in total. The molecule has 3 aliphatic heterocycles. The first-order valence-electron chi connectivity index (χ1n) is 37.4. The van der Waals surface area contributed by atoms with Crippen molar-refractivity contribution in [2.45, 2.75) is 388 Å². The highest BCUT2D eigenvalue weighted by atomic mass is 16.8. The van der Waals surface area contributed by atoms with Crippen LogP contribution in [0.5, 0.6) is 0 Å². The molecule has 1 amide bonds. The smallest absolute Gasteiger partial charge is 0.220 e. The lowest BCUT2D eigenvalue weighted by atomic mass is 9.96. The molecule has 19 nitrogen and oxygen atoms in total. The van der Waals surface area contributed by atoms with Crippen LogP contribution in [0.4, 0.5) is 0 Å². The molecule has 0 radical (unpaired) electrons. The van der Waals surface area contributed by atoms with Crippen LogP contribution in [0.1, 0.15) is 284 Å². The van der Waals surface area contributed by atoms with Crippen LogP contribution in [0, 0.1) is 0 Å². The number of hydrogen-bond acceptors (Lipinski definition) is 18. The van der Waals surface area contributed by atoms with E-state index >= 15 is 0 Å². The maximum absolute atomic E-state index is 13.4. The number of carbonyl (C=O) groups is 1. The van der Waals surface area contributed by atoms with E-state index in [0.717, 1.165) is 57.8 Å². The lowest BCUT2D eigenvalue weighted by Crippen LogP contribution is -2.66. The van der Waals surface area contributed by atoms with Crippen LogP contribution in [0.25, 0.3) is 0 Å². The first-order valence-corrected chi connectivity index (χ1v) is 37.4. The van der Waals surface area contributed by atoms with Gasteiger partial charge in [-0.2, -0.15) is 0 Å². The molecule has 3 rings (SSSR count). The third kappa shape index (κ3) is 37.0. The fraction of sp³-hybridized carbons (Fsp3) is 0.878. The highest BCUT2D eigenvalue weighted by molar-refractivity contribution is 5.76. The zero-order chi connectivity index (χ0) is 67.5. The first-order chi connectivity index (χ1) is 45.3. The predicted octanol–water partition coefficient (Wildman–Crippen LogP) is 10.9. The molecule has 0 spiro atoms. The van der Waals surface area contributed by atoms with Crippen LogP contribution in [0.15, 0.2) is 48.6 Å². The average Bonchev–Trinajstić information content (AvgIpc) is 0.985. The number of carbonyl (C=O) groups excluding carboxylic acids is 1. The number of unbranched alkanes of at least 4 members (excludes halogenated alkanes) is 36. The fourth-order valence-electron chi connectivity index (χ4n) is 12.5. The van der Waals surface area contributed by atoms with Gasteiger partial charge in [0.05, 0.1) is 38.6 Å². The highest BCUT2D eigenvalue weighted by Gasteiger charge is 2.53. The number of nitrogens with one attached hydrogen (secondary N) is 1. The van der Waals surface area contributed by atoms with E-state index in [0.29, 0.717) is 12.8 Å². The second-order valence-electron chi connectivity index (χ2n) is 26.7. The molecule has 3 aliphatic rings. The van der Waals surface area contributed by atoms with Gasteiger partial charge >= 0.3 is 0 Å². The Morgan fingerprint density at radius 1 is 0.376 bits per heavy atom. The monoisotopic (exact) mass is 1330 g/mol. The van der Waals surface area contributed by atoms with Gasteiger partial charge in [0.15, 0.2) is 18.9 Å². The molecule has 0 aromatic rings. The summed E-state index contributed by atoms with van der Waals surface area (Å²) < 4.78 is 34.4. The second-order valence-corrected chi connectivity index (χ2v) is 26.7. The Balaban J connectivity index is 1.42. The van der Waals surface area contributed by atoms with Gasteiger partial charge in [-0.25, -0.2) is 0 Å². The Bertz CT molecular complexity index is 1870. The van der Waals surface area contributed by atoms with Crippen molar-refractivity contribution in [1.29, 1.82) is 0 Å². The molecular formula is C74H135NO18. The second kappa shape index (κ2) is 55.6. The van der Waals surface area contributed by atoms with E-state index in [1.807, 2.05) is 6.08 Å². The van der Waals surface area contributed by atoms with Gasteiger partial charge in [-0.15, -0.1) is 0 Å². The minimum atomic E-state index is -1.98. The predicted molar refractivity (Wildman–Crippen MR) is 365 cm³/mol. The molecule has 0 bridgehead atoms. The lowest BCUT2D eigenvalue weighted by molar-refractivity contribution is -0.379. The number of hydrogen-bond donors (Lipinski definition) is 12. The quantitative estimate of drug-likeness (QED) is 0.0199. The van der Waals surface area contributed by atoms with E-state index in [4.69, 9.17) is 28.4 Å². The molecule has 0 aromatic heterocycles. The van der Waals surface area contributed by atoms with Crippen LogP contribution < -0.4 is 5.32 Å². The number of rotatable bonds is 58. The summed E-state index contributed by atoms with van der Waals surface area (Å²) in [4.78, 5) is 13.4. The summed E-state index contributed by atoms with van der Waals surface area (Å²) in [6.45, 7) is 1.73. The summed E-state index contributed by atoms with van der Waals surface area (Å²) in [5.41, 5.74) is 0. The molecule has 19 heteroatoms. The van der Waals surface area contributed by atoms with Crippen molar-refractivity contribution in [3.05, 3.63) is 48.6 Å². The molecule has 3 fully saturated rings. The van der Waals surface area contributed by atoms with E-state index in [9.17, 15) is 61.0 Å². The summed E-state index contributed by atoms with van der Waals surface area (Å²) in [7, 11) is 0. The molecule has 0 aromatic carbocycles. The molecule has 0 aliphatic carbocycles. The summed E-state index contributed by atoms with van der Waals surface area (Å²) in [6, 6.07) is -0.999. The Hall–Kier alpha value is -2.25. The molecule has 93 heavy (non-hydrogen) atoms. The van der Waals surface area contributed by atoms with Crippen molar-refractivity contribution in [2.75, 3.05) is 26.4 Å². The molecule has 3 heterocycles. The van der Waals surface area contributed by atoms with Crippen molar-refractivity contribution < 1.29 is 89.4 Å². The minimum Gasteiger partial charge on any atom is -0.394 e. The molecule has 544 valence electrons. The van der Waals surface area contributed by atoms with E-state index < -0.39 is 124 Å². The van der Waals surface area contributed by atoms with Gasteiger partial charge in [0.25, 0.3) is 0 Å². The minimum absolute atomic E-state index is 0.229. The summed E-state index contributed by atoms with van der Waals surface area (Å²) in [6.07, 6.45) is 41.0. The number of allylic oxidation sites excluding steroid dienone is 7. The Kier molecular flexibility index (Phi) is 50.8. The van der Waals surface area contributed by atoms with E-state index in [2.05, 4.69) is 55.6 Å². The molecular weight excluding hydrogens is 1190 g/mol. The molecule has 0 saturated carbocycles. The third-order valence-electron chi connectivity index (χ3n) is 18.6. The van der Waals surface area contributed by atoms with Crippen LogP contribution in [0.3, 0.4) is 0 Å². The Morgan fingerprint density at radius 3 is 1.08 bits per heavy atom. The number of aliphatic hydroxyl groups is 11. The molecule has 17 unspecified atom stereocenters. The van der Waals surface area contributed by atoms with Gasteiger partial charge in [0, 0.05) is 6.42 Å². The Morgan fingerprint density at radius 2 is 0.688 bits per heavy atom. The third-order valence-corrected chi connectivity index (χ3v) is 18.6. The lowest BCUT2D eigenvalue weighted by Gasteiger charge is -2.48. The van der Waals surface area contributed by atoms with Crippen molar-refractivity contribution in [3.63, 3.8) is 0 Å². The zero-order valence-electron chi connectivity index (χ0n) is 57.7. The van der Waals surface area contributed by atoms with Crippen molar-refractivity contribution >= 4 is 5.91 Å². The van der Waals surface area contributed by atoms with Crippen LogP contribution in [-0.4, -0.2) is 193 Å². The van der Waals surface area contributed by atoms with E-state index in [1.54, 1.807) is 6.08 Å². The van der Waals surface area contributed by atoms with Gasteiger partial charge in [-0.1, -0.05) is 255 Å². The van der Waals surface area contributed by atoms with Gasteiger partial charge in [0.1, 0.15) is 73.2 Å². The largest absolute Gasteiger partial charge is 0.394 e. The summed E-state index contributed by atoms with van der Waals surface area (Å²) in [5, 5.41) is 121. The van der Waals surface area contributed by atoms with Crippen molar-refractivity contribution in [3.8, 4) is 0 Å². The molecule has 3 saturated heterocycles. The van der Waals surface area contributed by atoms with Crippen LogP contribution in [0.2, 0.25) is 0 Å². The normalized spacial score (nSPS) is 27.8. The van der Waals surface area contributed by atoms with Gasteiger partial charge in [-0.3, -0.25) is 4.79 Å². The van der Waals surface area contributed by atoms with Crippen molar-refractivity contribution in [1.82, 2.24) is 5.32 Å². The fourth-order valence-corrected chi connectivity index (χ4v) is 12.5. The van der Waals surface area contributed by atoms with Crippen molar-refractivity contribution in [2.24, 2.45) is 0 Å².